The lowest BCUT2D eigenvalue weighted by Crippen LogP contribution is -2.53. The van der Waals surface area contributed by atoms with Crippen LogP contribution in [0.5, 0.6) is 0 Å². The number of aliphatic hydroxyl groups is 2. The Morgan fingerprint density at radius 3 is 2.56 bits per heavy atom. The first-order valence-corrected chi connectivity index (χ1v) is 4.27. The van der Waals surface area contributed by atoms with E-state index in [4.69, 9.17) is 0 Å². The zero-order chi connectivity index (χ0) is 11.8. The SMILES string of the molecule is O=C1ONOC(=O)C(O)(n2cccc2)C1O. The van der Waals surface area contributed by atoms with E-state index >= 15 is 0 Å². The minimum absolute atomic E-state index is 0.939. The van der Waals surface area contributed by atoms with E-state index in [-0.39, 0.29) is 0 Å². The van der Waals surface area contributed by atoms with Gasteiger partial charge in [0.2, 0.25) is 6.10 Å². The average molecular weight is 228 g/mol. The first kappa shape index (κ1) is 10.6. The van der Waals surface area contributed by atoms with Crippen LogP contribution in [0.4, 0.5) is 0 Å². The second-order valence-electron chi connectivity index (χ2n) is 3.11. The van der Waals surface area contributed by atoms with Crippen LogP contribution in [0.25, 0.3) is 0 Å². The van der Waals surface area contributed by atoms with Gasteiger partial charge in [-0.15, -0.1) is 0 Å². The Kier molecular flexibility index (Phi) is 2.38. The Balaban J connectivity index is 2.48. The molecular formula is C8H8N2O6. The van der Waals surface area contributed by atoms with Crippen molar-refractivity contribution in [2.75, 3.05) is 0 Å². The molecule has 0 aromatic carbocycles. The standard InChI is InChI=1S/C8H8N2O6/c11-5-6(12)15-9-16-7(13)8(5,14)10-3-1-2-4-10/h1-5,9,11,14H. The van der Waals surface area contributed by atoms with Crippen molar-refractivity contribution in [2.24, 2.45) is 0 Å². The maximum absolute atomic E-state index is 11.4. The second-order valence-corrected chi connectivity index (χ2v) is 3.11. The van der Waals surface area contributed by atoms with E-state index in [1.165, 1.54) is 24.5 Å². The van der Waals surface area contributed by atoms with Gasteiger partial charge < -0.3 is 24.5 Å². The van der Waals surface area contributed by atoms with E-state index in [1.807, 2.05) is 0 Å². The molecule has 0 aliphatic carbocycles. The number of carbonyl (C=O) groups is 2. The van der Waals surface area contributed by atoms with Crippen LogP contribution in [0.15, 0.2) is 24.5 Å². The first-order valence-electron chi connectivity index (χ1n) is 4.27. The summed E-state index contributed by atoms with van der Waals surface area (Å²) in [6.07, 6.45) is 0.494. The molecule has 1 aliphatic rings. The second kappa shape index (κ2) is 3.59. The van der Waals surface area contributed by atoms with E-state index in [9.17, 15) is 19.8 Å². The van der Waals surface area contributed by atoms with Gasteiger partial charge in [0.25, 0.3) is 5.72 Å². The fourth-order valence-corrected chi connectivity index (χ4v) is 1.32. The van der Waals surface area contributed by atoms with E-state index in [0.717, 1.165) is 4.57 Å². The third-order valence-electron chi connectivity index (χ3n) is 2.18. The minimum atomic E-state index is -2.55. The molecule has 1 aliphatic heterocycles. The van der Waals surface area contributed by atoms with Gasteiger partial charge in [0.15, 0.2) is 0 Å². The molecule has 16 heavy (non-hydrogen) atoms. The predicted octanol–water partition coefficient (Wildman–Crippen LogP) is -1.99. The number of hydrogen-bond acceptors (Lipinski definition) is 7. The lowest BCUT2D eigenvalue weighted by atomic mass is 10.1. The van der Waals surface area contributed by atoms with E-state index in [1.54, 1.807) is 5.64 Å². The molecule has 0 saturated carbocycles. The highest BCUT2D eigenvalue weighted by atomic mass is 16.9. The summed E-state index contributed by atoms with van der Waals surface area (Å²) in [5.41, 5.74) is -0.990. The van der Waals surface area contributed by atoms with Gasteiger partial charge in [-0.3, -0.25) is 0 Å². The summed E-state index contributed by atoms with van der Waals surface area (Å²) in [5.74, 6) is -2.50. The smallest absolute Gasteiger partial charge is 0.377 e. The summed E-state index contributed by atoms with van der Waals surface area (Å²) in [6.45, 7) is 0. The molecule has 2 rings (SSSR count). The fraction of sp³-hybridized carbons (Fsp3) is 0.250. The van der Waals surface area contributed by atoms with Crippen molar-refractivity contribution in [1.29, 1.82) is 0 Å². The Labute approximate surface area is 88.9 Å². The van der Waals surface area contributed by atoms with Gasteiger partial charge in [-0.2, -0.15) is 0 Å². The van der Waals surface area contributed by atoms with Gasteiger partial charge in [-0.25, -0.2) is 9.59 Å². The van der Waals surface area contributed by atoms with Crippen molar-refractivity contribution in [3.8, 4) is 0 Å². The van der Waals surface area contributed by atoms with Crippen LogP contribution >= 0.6 is 0 Å². The van der Waals surface area contributed by atoms with Crippen molar-refractivity contribution in [3.05, 3.63) is 24.5 Å². The largest absolute Gasteiger partial charge is 0.385 e. The summed E-state index contributed by atoms with van der Waals surface area (Å²) in [7, 11) is 0. The molecule has 1 aromatic heterocycles. The van der Waals surface area contributed by atoms with Gasteiger partial charge >= 0.3 is 11.9 Å². The molecule has 2 heterocycles. The van der Waals surface area contributed by atoms with Crippen molar-refractivity contribution < 1.29 is 29.5 Å². The first-order chi connectivity index (χ1) is 7.56. The summed E-state index contributed by atoms with van der Waals surface area (Å²) in [4.78, 5) is 30.9. The van der Waals surface area contributed by atoms with Gasteiger partial charge in [0.05, 0.1) is 0 Å². The highest BCUT2D eigenvalue weighted by Gasteiger charge is 2.53. The lowest BCUT2D eigenvalue weighted by molar-refractivity contribution is -0.204. The Morgan fingerprint density at radius 2 is 1.94 bits per heavy atom. The zero-order valence-corrected chi connectivity index (χ0v) is 7.86. The molecule has 1 saturated heterocycles. The van der Waals surface area contributed by atoms with Crippen LogP contribution in [-0.2, 0) is 25.0 Å². The van der Waals surface area contributed by atoms with Gasteiger partial charge in [0, 0.05) is 18.0 Å². The fourth-order valence-electron chi connectivity index (χ4n) is 1.32. The predicted molar refractivity (Wildman–Crippen MR) is 46.0 cm³/mol. The Hall–Kier alpha value is -1.90. The van der Waals surface area contributed by atoms with Gasteiger partial charge in [-0.1, -0.05) is 0 Å². The van der Waals surface area contributed by atoms with Crippen LogP contribution in [-0.4, -0.2) is 32.8 Å². The highest BCUT2D eigenvalue weighted by Crippen LogP contribution is 2.22. The van der Waals surface area contributed by atoms with Crippen LogP contribution in [0.2, 0.25) is 0 Å². The van der Waals surface area contributed by atoms with Gasteiger partial charge in [-0.05, 0) is 12.1 Å². The minimum Gasteiger partial charge on any atom is -0.377 e. The van der Waals surface area contributed by atoms with E-state index < -0.39 is 23.8 Å². The Morgan fingerprint density at radius 1 is 1.31 bits per heavy atom. The van der Waals surface area contributed by atoms with Gasteiger partial charge in [0.1, 0.15) is 0 Å². The number of nitrogens with one attached hydrogen (secondary N) is 1. The maximum Gasteiger partial charge on any atom is 0.385 e. The summed E-state index contributed by atoms with van der Waals surface area (Å²) in [5, 5.41) is 19.5. The quantitative estimate of drug-likeness (QED) is 0.510. The maximum atomic E-state index is 11.4. The summed E-state index contributed by atoms with van der Waals surface area (Å²) >= 11 is 0. The molecule has 2 atom stereocenters. The number of aliphatic hydroxyl groups excluding tert-OH is 1. The normalized spacial score (nSPS) is 30.5. The number of aromatic nitrogens is 1. The van der Waals surface area contributed by atoms with Crippen LogP contribution < -0.4 is 5.64 Å². The molecule has 3 N–H and O–H groups in total. The molecule has 0 bridgehead atoms. The topological polar surface area (TPSA) is 110 Å². The monoisotopic (exact) mass is 228 g/mol. The molecule has 1 aromatic rings. The van der Waals surface area contributed by atoms with Crippen molar-refractivity contribution in [2.45, 2.75) is 11.8 Å². The zero-order valence-electron chi connectivity index (χ0n) is 7.86. The molecule has 2 unspecified atom stereocenters. The molecule has 0 radical (unpaired) electrons. The molecule has 0 spiro atoms. The third kappa shape index (κ3) is 1.36. The number of rotatable bonds is 1. The number of nitrogens with zero attached hydrogens (tertiary/aromatic N) is 1. The summed E-state index contributed by atoms with van der Waals surface area (Å²) < 4.78 is 0.939. The molecule has 1 fully saturated rings. The number of hydrogen-bond donors (Lipinski definition) is 3. The van der Waals surface area contributed by atoms with E-state index in [2.05, 4.69) is 9.68 Å². The van der Waals surface area contributed by atoms with Crippen LogP contribution in [0.3, 0.4) is 0 Å². The molecule has 86 valence electrons. The molecule has 8 nitrogen and oxygen atoms in total. The summed E-state index contributed by atoms with van der Waals surface area (Å²) in [6, 6.07) is 3.00. The van der Waals surface area contributed by atoms with E-state index in [0.29, 0.717) is 0 Å². The third-order valence-corrected chi connectivity index (χ3v) is 2.18. The number of carbonyl (C=O) groups excluding carboxylic acids is 2. The molecule has 8 heteroatoms. The van der Waals surface area contributed by atoms with Crippen molar-refractivity contribution in [3.63, 3.8) is 0 Å². The lowest BCUT2D eigenvalue weighted by Gasteiger charge is -2.26. The highest BCUT2D eigenvalue weighted by molar-refractivity contribution is 5.87. The average Bonchev–Trinajstić information content (AvgIpc) is 2.77. The molecular weight excluding hydrogens is 220 g/mol. The van der Waals surface area contributed by atoms with Crippen LogP contribution in [0, 0.1) is 0 Å². The Bertz CT molecular complexity index is 416. The van der Waals surface area contributed by atoms with Crippen LogP contribution in [0.1, 0.15) is 0 Å². The molecule has 0 amide bonds. The van der Waals surface area contributed by atoms with Crippen molar-refractivity contribution in [1.82, 2.24) is 10.2 Å². The van der Waals surface area contributed by atoms with Crippen molar-refractivity contribution >= 4 is 11.9 Å².